The van der Waals surface area contributed by atoms with Crippen LogP contribution in [0.5, 0.6) is 5.75 Å². The number of nitrogens with zero attached hydrogens (tertiary/aromatic N) is 5. The van der Waals surface area contributed by atoms with Crippen LogP contribution in [0, 0.1) is 41.9 Å². The van der Waals surface area contributed by atoms with Gasteiger partial charge in [0.25, 0.3) is 11.8 Å². The third-order valence-electron chi connectivity index (χ3n) is 12.9. The number of carbonyl (C=O) groups is 4. The highest BCUT2D eigenvalue weighted by Crippen LogP contribution is 2.55. The zero-order valence-corrected chi connectivity index (χ0v) is 34.6. The lowest BCUT2D eigenvalue weighted by molar-refractivity contribution is -0.164. The molecule has 4 aliphatic rings. The minimum atomic E-state index is -0.727. The van der Waals surface area contributed by atoms with E-state index in [9.17, 15) is 24.4 Å². The number of hydrogen-bond donors (Lipinski definition) is 3. The number of nitrogens with one attached hydrogen (secondary N) is 3. The summed E-state index contributed by atoms with van der Waals surface area (Å²) in [4.78, 5) is 61.5. The van der Waals surface area contributed by atoms with Crippen molar-refractivity contribution in [3.8, 4) is 11.8 Å². The van der Waals surface area contributed by atoms with Crippen molar-refractivity contribution in [3.63, 3.8) is 0 Å². The van der Waals surface area contributed by atoms with Crippen LogP contribution in [-0.4, -0.2) is 97.5 Å². The van der Waals surface area contributed by atoms with E-state index in [2.05, 4.69) is 81.5 Å². The van der Waals surface area contributed by atoms with E-state index in [-0.39, 0.29) is 53.5 Å². The molecule has 0 radical (unpaired) electrons. The topological polar surface area (TPSA) is 160 Å². The second-order valence-corrected chi connectivity index (χ2v) is 17.8. The quantitative estimate of drug-likeness (QED) is 0.245. The molecule has 4 fully saturated rings. The molecule has 4 amide bonds. The monoisotopic (exact) mass is 788 g/mol. The normalized spacial score (nSPS) is 23.3. The number of pyridine rings is 1. The first kappa shape index (κ1) is 40.7. The van der Waals surface area contributed by atoms with E-state index in [0.717, 1.165) is 86.9 Å². The van der Waals surface area contributed by atoms with Gasteiger partial charge in [-0.25, -0.2) is 0 Å². The lowest BCUT2D eigenvalue weighted by Crippen LogP contribution is -2.74. The molecule has 1 aliphatic carbocycles. The Balaban J connectivity index is 0.850. The fourth-order valence-corrected chi connectivity index (χ4v) is 9.87. The summed E-state index contributed by atoms with van der Waals surface area (Å²) < 4.78 is 6.55. The molecule has 3 aromatic rings. The average Bonchev–Trinajstić information content (AvgIpc) is 3.20. The molecule has 1 atom stereocenters. The summed E-state index contributed by atoms with van der Waals surface area (Å²) >= 11 is 0. The highest BCUT2D eigenvalue weighted by atomic mass is 16.5. The largest absolute Gasteiger partial charge is 0.489 e. The third-order valence-corrected chi connectivity index (χ3v) is 12.9. The van der Waals surface area contributed by atoms with Crippen LogP contribution in [0.3, 0.4) is 0 Å². The maximum Gasteiger partial charge on any atom is 0.253 e. The van der Waals surface area contributed by atoms with Crippen molar-refractivity contribution >= 4 is 35.0 Å². The van der Waals surface area contributed by atoms with Crippen LogP contribution < -0.4 is 30.5 Å². The number of piperazine rings is 1. The number of imide groups is 1. The smallest absolute Gasteiger partial charge is 0.253 e. The number of nitriles is 1. The van der Waals surface area contributed by atoms with Gasteiger partial charge in [0, 0.05) is 86.6 Å². The Hall–Kier alpha value is -5.48. The molecule has 2 aromatic carbocycles. The van der Waals surface area contributed by atoms with Gasteiger partial charge in [-0.15, -0.1) is 0 Å². The molecule has 4 heterocycles. The first-order valence-corrected chi connectivity index (χ1v) is 20.5. The molecule has 0 bridgehead atoms. The standard InChI is InChI=1S/C45H56N8O5/c1-28-21-35(22-29(2)36(28)24-46)58-43-44(3,4)42(45(43,5)6)50-39(55)31-7-9-33(10-8-31)52-15-13-30(14-16-52)27-51-17-19-53(20-18-51)34-23-32(25-47-26-34)40(56)48-37-11-12-38(54)49-41(37)57/h7-10,21-23,25-26,30,37,42-43H,11-20,27H2,1-6H3,(H,48,56)(H,50,55)(H,49,54,57)/t37?,42-,43-. The molecule has 3 saturated heterocycles. The fourth-order valence-electron chi connectivity index (χ4n) is 9.87. The van der Waals surface area contributed by atoms with Gasteiger partial charge in [-0.05, 0) is 92.6 Å². The van der Waals surface area contributed by atoms with Crippen molar-refractivity contribution in [2.24, 2.45) is 16.7 Å². The average molecular weight is 789 g/mol. The SMILES string of the molecule is Cc1cc(O[C@H]2C(C)(C)[C@H](NC(=O)c3ccc(N4CCC(CN5CCN(c6cncc(C(=O)NC7CCC(=O)NC7=O)c6)CC5)CC4)cc3)C2(C)C)cc(C)c1C#N. The Morgan fingerprint density at radius 1 is 0.828 bits per heavy atom. The number of aryl methyl sites for hydroxylation is 2. The van der Waals surface area contributed by atoms with Gasteiger partial charge in [0.05, 0.1) is 29.1 Å². The van der Waals surface area contributed by atoms with Gasteiger partial charge in [0.2, 0.25) is 11.8 Å². The van der Waals surface area contributed by atoms with Gasteiger partial charge in [-0.2, -0.15) is 5.26 Å². The minimum Gasteiger partial charge on any atom is -0.489 e. The van der Waals surface area contributed by atoms with E-state index in [4.69, 9.17) is 4.74 Å². The summed E-state index contributed by atoms with van der Waals surface area (Å²) in [5.41, 5.74) is 4.92. The molecule has 3 aliphatic heterocycles. The molecule has 7 rings (SSSR count). The molecule has 1 aromatic heterocycles. The van der Waals surface area contributed by atoms with Crippen molar-refractivity contribution in [1.82, 2.24) is 25.8 Å². The molecule has 0 spiro atoms. The van der Waals surface area contributed by atoms with E-state index in [1.54, 1.807) is 6.20 Å². The van der Waals surface area contributed by atoms with Crippen molar-refractivity contribution in [2.45, 2.75) is 85.4 Å². The van der Waals surface area contributed by atoms with E-state index in [1.807, 2.05) is 44.2 Å². The maximum absolute atomic E-state index is 13.6. The Morgan fingerprint density at radius 2 is 1.45 bits per heavy atom. The lowest BCUT2D eigenvalue weighted by atomic mass is 9.49. The Bertz CT molecular complexity index is 2050. The number of carbonyl (C=O) groups excluding carboxylic acids is 4. The first-order valence-electron chi connectivity index (χ1n) is 20.5. The van der Waals surface area contributed by atoms with Crippen molar-refractivity contribution in [1.29, 1.82) is 5.26 Å². The number of benzene rings is 2. The zero-order valence-electron chi connectivity index (χ0n) is 34.6. The van der Waals surface area contributed by atoms with Crippen LogP contribution >= 0.6 is 0 Å². The van der Waals surface area contributed by atoms with Crippen LogP contribution in [0.2, 0.25) is 0 Å². The van der Waals surface area contributed by atoms with Gasteiger partial charge in [-0.1, -0.05) is 27.7 Å². The Labute approximate surface area is 341 Å². The number of amides is 4. The van der Waals surface area contributed by atoms with E-state index >= 15 is 0 Å². The lowest BCUT2D eigenvalue weighted by Gasteiger charge is -2.63. The highest BCUT2D eigenvalue weighted by Gasteiger charge is 2.64. The van der Waals surface area contributed by atoms with Crippen LogP contribution in [0.1, 0.15) is 90.8 Å². The number of rotatable bonds is 10. The summed E-state index contributed by atoms with van der Waals surface area (Å²) in [6, 6.07) is 15.1. The number of ether oxygens (including phenoxy) is 1. The van der Waals surface area contributed by atoms with Gasteiger partial charge in [-0.3, -0.25) is 34.4 Å². The van der Waals surface area contributed by atoms with Gasteiger partial charge < -0.3 is 25.2 Å². The number of aromatic nitrogens is 1. The summed E-state index contributed by atoms with van der Waals surface area (Å²) in [5, 5.41) is 17.8. The highest BCUT2D eigenvalue weighted by molar-refractivity contribution is 6.04. The van der Waals surface area contributed by atoms with Crippen LogP contribution in [0.4, 0.5) is 11.4 Å². The van der Waals surface area contributed by atoms with E-state index in [0.29, 0.717) is 22.6 Å². The molecule has 1 saturated carbocycles. The fraction of sp³-hybridized carbons (Fsp3) is 0.511. The third kappa shape index (κ3) is 8.39. The number of piperidine rings is 2. The number of anilines is 2. The van der Waals surface area contributed by atoms with Crippen LogP contribution in [0.25, 0.3) is 0 Å². The van der Waals surface area contributed by atoms with Crippen molar-refractivity contribution < 1.29 is 23.9 Å². The van der Waals surface area contributed by atoms with Gasteiger partial charge in [0.1, 0.15) is 17.9 Å². The molecular formula is C45H56N8O5. The number of hydrogen-bond acceptors (Lipinski definition) is 10. The predicted octanol–water partition coefficient (Wildman–Crippen LogP) is 4.76. The molecule has 306 valence electrons. The van der Waals surface area contributed by atoms with Crippen LogP contribution in [0.15, 0.2) is 54.9 Å². The Morgan fingerprint density at radius 3 is 2.07 bits per heavy atom. The zero-order chi connectivity index (χ0) is 41.4. The Kier molecular flexibility index (Phi) is 11.5. The predicted molar refractivity (Wildman–Crippen MR) is 222 cm³/mol. The van der Waals surface area contributed by atoms with Gasteiger partial charge in [0.15, 0.2) is 0 Å². The molecule has 3 N–H and O–H groups in total. The summed E-state index contributed by atoms with van der Waals surface area (Å²) in [5.74, 6) is 0.111. The summed E-state index contributed by atoms with van der Waals surface area (Å²) in [6.45, 7) is 18.9. The first-order chi connectivity index (χ1) is 27.6. The molecule has 58 heavy (non-hydrogen) atoms. The molecule has 13 heteroatoms. The molecular weight excluding hydrogens is 733 g/mol. The van der Waals surface area contributed by atoms with Crippen LogP contribution in [-0.2, 0) is 9.59 Å². The van der Waals surface area contributed by atoms with Crippen molar-refractivity contribution in [2.75, 3.05) is 55.6 Å². The second kappa shape index (κ2) is 16.4. The minimum absolute atomic E-state index is 0.0840. The molecule has 1 unspecified atom stereocenters. The molecule has 13 nitrogen and oxygen atoms in total. The summed E-state index contributed by atoms with van der Waals surface area (Å²) in [7, 11) is 0. The van der Waals surface area contributed by atoms with E-state index < -0.39 is 11.9 Å². The van der Waals surface area contributed by atoms with Crippen molar-refractivity contribution in [3.05, 3.63) is 82.7 Å². The summed E-state index contributed by atoms with van der Waals surface area (Å²) in [6.07, 6.45) is 5.86. The maximum atomic E-state index is 13.6. The second-order valence-electron chi connectivity index (χ2n) is 17.8. The van der Waals surface area contributed by atoms with Gasteiger partial charge >= 0.3 is 0 Å². The van der Waals surface area contributed by atoms with E-state index in [1.165, 1.54) is 6.20 Å².